The second kappa shape index (κ2) is 12.3. The van der Waals surface area contributed by atoms with E-state index >= 15 is 0 Å². The van der Waals surface area contributed by atoms with Crippen LogP contribution in [-0.4, -0.2) is 59.5 Å². The largest absolute Gasteiger partial charge is 0.413 e. The summed E-state index contributed by atoms with van der Waals surface area (Å²) in [7, 11) is -0.584. The zero-order valence-corrected chi connectivity index (χ0v) is 30.3. The normalized spacial score (nSPS) is 13.8. The Labute approximate surface area is 259 Å². The van der Waals surface area contributed by atoms with Crippen LogP contribution in [0.25, 0.3) is 33.5 Å². The first-order valence-electron chi connectivity index (χ1n) is 15.2. The minimum absolute atomic E-state index is 0.0344. The molecule has 1 unspecified atom stereocenters. The van der Waals surface area contributed by atoms with E-state index in [1.807, 2.05) is 37.1 Å². The zero-order valence-electron chi connectivity index (χ0n) is 28.1. The standard InChI is InChI=1S/C32H50N6O3Si2/c1-31(2,3)28(41-42(8)9)21-13-14-25-22(17-21)26(36-37(25)7)24-18-33-29-27(34-24)23(30(39)35-32(4,5)6)19-38(29)20-40-15-16-43(10,11)12/h13-14,17-19,28,42H,15-16,20H2,1-12H3,(H,35,39). The van der Waals surface area contributed by atoms with E-state index < -0.39 is 22.7 Å². The molecule has 0 fully saturated rings. The van der Waals surface area contributed by atoms with Gasteiger partial charge in [-0.3, -0.25) is 9.48 Å². The molecule has 1 N–H and O–H groups in total. The highest BCUT2D eigenvalue weighted by Crippen LogP contribution is 2.39. The number of nitrogens with one attached hydrogen (secondary N) is 1. The molecule has 0 spiro atoms. The summed E-state index contributed by atoms with van der Waals surface area (Å²) in [6, 6.07) is 7.50. The number of hydrogen-bond donors (Lipinski definition) is 1. The van der Waals surface area contributed by atoms with E-state index in [-0.39, 0.29) is 17.4 Å². The van der Waals surface area contributed by atoms with E-state index in [4.69, 9.17) is 24.2 Å². The van der Waals surface area contributed by atoms with Crippen molar-refractivity contribution in [3.05, 3.63) is 41.7 Å². The van der Waals surface area contributed by atoms with E-state index in [0.29, 0.717) is 35.8 Å². The van der Waals surface area contributed by atoms with Crippen LogP contribution in [0.4, 0.5) is 0 Å². The third-order valence-electron chi connectivity index (χ3n) is 7.14. The molecule has 0 bridgehead atoms. The molecule has 0 radical (unpaired) electrons. The predicted octanol–water partition coefficient (Wildman–Crippen LogP) is 6.91. The first-order valence-corrected chi connectivity index (χ1v) is 21.7. The Balaban J connectivity index is 1.81. The van der Waals surface area contributed by atoms with E-state index in [9.17, 15) is 4.79 Å². The number of rotatable bonds is 10. The van der Waals surface area contributed by atoms with Crippen LogP contribution in [0, 0.1) is 5.41 Å². The molecular formula is C32H50N6O3Si2. The quantitative estimate of drug-likeness (QED) is 0.152. The van der Waals surface area contributed by atoms with E-state index in [0.717, 1.165) is 28.2 Å². The molecule has 4 aromatic rings. The highest BCUT2D eigenvalue weighted by atomic mass is 28.3. The summed E-state index contributed by atoms with van der Waals surface area (Å²) < 4.78 is 16.3. The van der Waals surface area contributed by atoms with Crippen molar-refractivity contribution in [1.82, 2.24) is 29.6 Å². The van der Waals surface area contributed by atoms with Gasteiger partial charge < -0.3 is 19.0 Å². The SMILES string of the molecule is Cn1nc(-c2cnc3c(n2)c(C(=O)NC(C)(C)C)cn3COCC[Si](C)(C)C)c2cc(C(O[SiH](C)C)C(C)(C)C)ccc21. The Kier molecular flexibility index (Phi) is 9.42. The van der Waals surface area contributed by atoms with Crippen LogP contribution in [-0.2, 0) is 22.9 Å². The highest BCUT2D eigenvalue weighted by molar-refractivity contribution is 6.76. The number of carbonyl (C=O) groups is 1. The van der Waals surface area contributed by atoms with Gasteiger partial charge in [-0.05, 0) is 63.0 Å². The first kappa shape index (κ1) is 33.0. The van der Waals surface area contributed by atoms with Crippen LogP contribution in [0.3, 0.4) is 0 Å². The van der Waals surface area contributed by atoms with Crippen LogP contribution in [0.15, 0.2) is 30.6 Å². The van der Waals surface area contributed by atoms with Gasteiger partial charge in [0.2, 0.25) is 0 Å². The van der Waals surface area contributed by atoms with Crippen molar-refractivity contribution < 1.29 is 14.0 Å². The van der Waals surface area contributed by atoms with Gasteiger partial charge in [-0.25, -0.2) is 9.97 Å². The minimum atomic E-state index is -1.30. The Morgan fingerprint density at radius 2 is 1.81 bits per heavy atom. The number of benzene rings is 1. The molecule has 1 amide bonds. The molecule has 1 atom stereocenters. The Hall–Kier alpha value is -2.87. The smallest absolute Gasteiger partial charge is 0.255 e. The number of ether oxygens (including phenoxy) is 1. The van der Waals surface area contributed by atoms with Crippen molar-refractivity contribution >= 4 is 45.1 Å². The molecule has 9 nitrogen and oxygen atoms in total. The molecule has 1 aromatic carbocycles. The number of amides is 1. The third kappa shape index (κ3) is 8.00. The van der Waals surface area contributed by atoms with Crippen LogP contribution >= 0.6 is 0 Å². The summed E-state index contributed by atoms with van der Waals surface area (Å²) in [5, 5.41) is 8.93. The van der Waals surface area contributed by atoms with Gasteiger partial charge in [0.1, 0.15) is 23.6 Å². The summed E-state index contributed by atoms with van der Waals surface area (Å²) in [6.07, 6.45) is 3.52. The molecule has 11 heteroatoms. The third-order valence-corrected chi connectivity index (χ3v) is 9.66. The van der Waals surface area contributed by atoms with Crippen molar-refractivity contribution in [2.75, 3.05) is 6.61 Å². The average Bonchev–Trinajstić information content (AvgIpc) is 3.40. The maximum atomic E-state index is 13.5. The van der Waals surface area contributed by atoms with Gasteiger partial charge in [0.15, 0.2) is 14.7 Å². The van der Waals surface area contributed by atoms with Crippen molar-refractivity contribution in [2.24, 2.45) is 12.5 Å². The molecule has 43 heavy (non-hydrogen) atoms. The molecule has 0 aliphatic carbocycles. The van der Waals surface area contributed by atoms with Crippen LogP contribution in [0.5, 0.6) is 0 Å². The predicted molar refractivity (Wildman–Crippen MR) is 181 cm³/mol. The van der Waals surface area contributed by atoms with Gasteiger partial charge in [0, 0.05) is 38.9 Å². The van der Waals surface area contributed by atoms with E-state index in [1.165, 1.54) is 0 Å². The number of aryl methyl sites for hydroxylation is 1. The van der Waals surface area contributed by atoms with Gasteiger partial charge >= 0.3 is 0 Å². The first-order chi connectivity index (χ1) is 19.8. The summed E-state index contributed by atoms with van der Waals surface area (Å²) in [5.41, 5.74) is 4.60. The summed E-state index contributed by atoms with van der Waals surface area (Å²) in [6.45, 7) is 24.9. The molecule has 0 saturated heterocycles. The second-order valence-electron chi connectivity index (χ2n) is 15.2. The van der Waals surface area contributed by atoms with Gasteiger partial charge in [-0.15, -0.1) is 0 Å². The number of hydrogen-bond acceptors (Lipinski definition) is 6. The maximum Gasteiger partial charge on any atom is 0.255 e. The Morgan fingerprint density at radius 3 is 2.42 bits per heavy atom. The second-order valence-corrected chi connectivity index (χ2v) is 23.2. The Bertz CT molecular complexity index is 1610. The summed E-state index contributed by atoms with van der Waals surface area (Å²) in [5.74, 6) is -0.194. The van der Waals surface area contributed by atoms with Crippen molar-refractivity contribution in [3.63, 3.8) is 0 Å². The lowest BCUT2D eigenvalue weighted by Crippen LogP contribution is -2.40. The highest BCUT2D eigenvalue weighted by Gasteiger charge is 2.29. The molecular weight excluding hydrogens is 573 g/mol. The molecule has 0 aliphatic heterocycles. The molecule has 0 saturated carbocycles. The molecule has 0 aliphatic rings. The van der Waals surface area contributed by atoms with Crippen molar-refractivity contribution in [1.29, 1.82) is 0 Å². The monoisotopic (exact) mass is 622 g/mol. The molecule has 3 heterocycles. The number of fused-ring (bicyclic) bond motifs is 2. The lowest BCUT2D eigenvalue weighted by atomic mass is 9.84. The van der Waals surface area contributed by atoms with Gasteiger partial charge in [-0.1, -0.05) is 46.5 Å². The summed E-state index contributed by atoms with van der Waals surface area (Å²) >= 11 is 0. The van der Waals surface area contributed by atoms with E-state index in [2.05, 4.69) is 77.0 Å². The van der Waals surface area contributed by atoms with Crippen LogP contribution < -0.4 is 5.32 Å². The molecule has 234 valence electrons. The van der Waals surface area contributed by atoms with Crippen LogP contribution in [0.2, 0.25) is 38.8 Å². The number of aromatic nitrogens is 5. The lowest BCUT2D eigenvalue weighted by Gasteiger charge is -2.33. The Morgan fingerprint density at radius 1 is 1.12 bits per heavy atom. The molecule has 4 rings (SSSR count). The minimum Gasteiger partial charge on any atom is -0.413 e. The maximum absolute atomic E-state index is 13.5. The van der Waals surface area contributed by atoms with Gasteiger partial charge in [0.05, 0.1) is 23.4 Å². The zero-order chi connectivity index (χ0) is 31.9. The fourth-order valence-corrected chi connectivity index (χ4v) is 6.94. The van der Waals surface area contributed by atoms with Crippen molar-refractivity contribution in [2.45, 2.75) is 98.7 Å². The van der Waals surface area contributed by atoms with Gasteiger partial charge in [-0.2, -0.15) is 5.10 Å². The average molecular weight is 623 g/mol. The number of nitrogens with zero attached hydrogens (tertiary/aromatic N) is 5. The number of carbonyl (C=O) groups excluding carboxylic acids is 1. The van der Waals surface area contributed by atoms with Crippen LogP contribution in [0.1, 0.15) is 63.6 Å². The fraction of sp³-hybridized carbons (Fsp3) is 0.562. The fourth-order valence-electron chi connectivity index (χ4n) is 5.07. The van der Waals surface area contributed by atoms with Gasteiger partial charge in [0.25, 0.3) is 5.91 Å². The topological polar surface area (TPSA) is 96.1 Å². The van der Waals surface area contributed by atoms with E-state index in [1.54, 1.807) is 12.4 Å². The lowest BCUT2D eigenvalue weighted by molar-refractivity contribution is 0.0867. The van der Waals surface area contributed by atoms with Crippen molar-refractivity contribution in [3.8, 4) is 11.4 Å². The summed E-state index contributed by atoms with van der Waals surface area (Å²) in [4.78, 5) is 23.3. The molecule has 3 aromatic heterocycles.